The maximum Gasteiger partial charge on any atom is 0.270 e. The summed E-state index contributed by atoms with van der Waals surface area (Å²) in [5.41, 5.74) is 2.48. The fourth-order valence-corrected chi connectivity index (χ4v) is 5.64. The van der Waals surface area contributed by atoms with Gasteiger partial charge in [-0.05, 0) is 85.7 Å². The monoisotopic (exact) mass is 528 g/mol. The highest BCUT2D eigenvalue weighted by atomic mass is 32.2. The summed E-state index contributed by atoms with van der Waals surface area (Å²) >= 11 is -1.40. The van der Waals surface area contributed by atoms with Crippen molar-refractivity contribution < 1.29 is 22.5 Å². The van der Waals surface area contributed by atoms with Crippen LogP contribution in [0.5, 0.6) is 0 Å². The largest absolute Gasteiger partial charge is 0.593 e. The summed E-state index contributed by atoms with van der Waals surface area (Å²) in [4.78, 5) is 13.3. The second-order valence-electron chi connectivity index (χ2n) is 9.71. The molecule has 0 spiro atoms. The molecule has 0 radical (unpaired) electrons. The number of halogens is 3. The SMILES string of the molecule is C[C@@H](NC(=O)[C@H]1CC[C@H](N[S+]([O-])c2ccc(-c3ccc(C(C)(F)F)cc3)cc2)CC1)c1ccc(F)cc1. The molecule has 1 unspecified atom stereocenters. The normalized spacial score (nSPS) is 19.7. The molecule has 0 bridgehead atoms. The quantitative estimate of drug-likeness (QED) is 0.322. The van der Waals surface area contributed by atoms with Crippen LogP contribution in [0.25, 0.3) is 11.1 Å². The molecule has 196 valence electrons. The summed E-state index contributed by atoms with van der Waals surface area (Å²) in [5.74, 6) is -3.30. The molecule has 3 aromatic rings. The molecule has 2 atom stereocenters. The Labute approximate surface area is 219 Å². The number of alkyl halides is 2. The van der Waals surface area contributed by atoms with Crippen LogP contribution in [0, 0.1) is 11.7 Å². The van der Waals surface area contributed by atoms with Gasteiger partial charge in [-0.3, -0.25) is 4.79 Å². The van der Waals surface area contributed by atoms with Crippen LogP contribution in [-0.4, -0.2) is 16.5 Å². The van der Waals surface area contributed by atoms with Crippen LogP contribution >= 0.6 is 0 Å². The molecule has 37 heavy (non-hydrogen) atoms. The Morgan fingerprint density at radius 2 is 1.46 bits per heavy atom. The number of nitrogens with one attached hydrogen (secondary N) is 2. The van der Waals surface area contributed by atoms with E-state index in [2.05, 4.69) is 10.0 Å². The van der Waals surface area contributed by atoms with E-state index in [1.165, 1.54) is 24.3 Å². The first kappa shape index (κ1) is 27.2. The van der Waals surface area contributed by atoms with Gasteiger partial charge in [-0.25, -0.2) is 13.2 Å². The van der Waals surface area contributed by atoms with Crippen molar-refractivity contribution in [2.75, 3.05) is 0 Å². The van der Waals surface area contributed by atoms with Gasteiger partial charge in [-0.15, -0.1) is 4.72 Å². The van der Waals surface area contributed by atoms with Crippen molar-refractivity contribution >= 4 is 17.3 Å². The van der Waals surface area contributed by atoms with Gasteiger partial charge < -0.3 is 9.87 Å². The van der Waals surface area contributed by atoms with Crippen molar-refractivity contribution in [1.82, 2.24) is 10.0 Å². The van der Waals surface area contributed by atoms with Crippen molar-refractivity contribution in [2.45, 2.75) is 62.4 Å². The third-order valence-electron chi connectivity index (χ3n) is 6.89. The van der Waals surface area contributed by atoms with Crippen LogP contribution in [0.2, 0.25) is 0 Å². The zero-order chi connectivity index (χ0) is 26.6. The highest BCUT2D eigenvalue weighted by molar-refractivity contribution is 7.89. The molecule has 1 saturated carbocycles. The average Bonchev–Trinajstić information content (AvgIpc) is 2.89. The Balaban J connectivity index is 1.26. The average molecular weight is 529 g/mol. The van der Waals surface area contributed by atoms with Crippen molar-refractivity contribution in [2.24, 2.45) is 5.92 Å². The molecule has 1 amide bonds. The minimum absolute atomic E-state index is 0.0114. The third kappa shape index (κ3) is 7.15. The fourth-order valence-electron chi connectivity index (χ4n) is 4.59. The number of rotatable bonds is 8. The number of carbonyl (C=O) groups is 1. The van der Waals surface area contributed by atoms with Gasteiger partial charge in [0.25, 0.3) is 5.92 Å². The van der Waals surface area contributed by atoms with E-state index in [0.717, 1.165) is 36.5 Å². The van der Waals surface area contributed by atoms with Gasteiger partial charge in [0, 0.05) is 18.4 Å². The van der Waals surface area contributed by atoms with E-state index in [1.54, 1.807) is 36.4 Å². The smallest absolute Gasteiger partial charge is 0.270 e. The Hall–Kier alpha value is -2.81. The van der Waals surface area contributed by atoms with E-state index in [1.807, 2.05) is 19.1 Å². The van der Waals surface area contributed by atoms with E-state index < -0.39 is 17.3 Å². The molecule has 1 fully saturated rings. The Bertz CT molecular complexity index is 1170. The first-order chi connectivity index (χ1) is 17.6. The minimum atomic E-state index is -2.88. The van der Waals surface area contributed by atoms with Crippen molar-refractivity contribution in [3.63, 3.8) is 0 Å². The van der Waals surface area contributed by atoms with E-state index in [4.69, 9.17) is 0 Å². The molecule has 3 aromatic carbocycles. The number of carbonyl (C=O) groups excluding carboxylic acids is 1. The second-order valence-corrected chi connectivity index (χ2v) is 11.0. The van der Waals surface area contributed by atoms with Gasteiger partial charge in [0.05, 0.1) is 23.4 Å². The standard InChI is InChI=1S/C29H31F3N2O2S/c1-19(20-5-13-25(30)14-6-20)33-28(35)23-7-15-26(16-8-23)34-37(36)27-17-9-22(10-18-27)21-3-11-24(12-4-21)29(2,31)32/h3-6,9-14,17-19,23,26,34H,7-8,15-16H2,1-2H3,(H,33,35)/t19-,23-,26-,37?/m1/s1. The molecule has 4 rings (SSSR count). The van der Waals surface area contributed by atoms with Gasteiger partial charge in [-0.2, -0.15) is 0 Å². The lowest BCUT2D eigenvalue weighted by Gasteiger charge is -2.29. The van der Waals surface area contributed by atoms with Crippen LogP contribution in [0.1, 0.15) is 56.7 Å². The van der Waals surface area contributed by atoms with Gasteiger partial charge in [0.15, 0.2) is 4.90 Å². The van der Waals surface area contributed by atoms with Crippen LogP contribution < -0.4 is 10.0 Å². The molecule has 8 heteroatoms. The van der Waals surface area contributed by atoms with Gasteiger partial charge in [-0.1, -0.05) is 36.4 Å². The predicted octanol–water partition coefficient (Wildman–Crippen LogP) is 6.65. The van der Waals surface area contributed by atoms with Crippen molar-refractivity contribution in [3.8, 4) is 11.1 Å². The summed E-state index contributed by atoms with van der Waals surface area (Å²) in [6.45, 7) is 2.75. The molecule has 0 aliphatic heterocycles. The number of hydrogen-bond donors (Lipinski definition) is 2. The van der Waals surface area contributed by atoms with Crippen molar-refractivity contribution in [1.29, 1.82) is 0 Å². The Morgan fingerprint density at radius 1 is 0.919 bits per heavy atom. The van der Waals surface area contributed by atoms with E-state index in [0.29, 0.717) is 17.7 Å². The summed E-state index contributed by atoms with van der Waals surface area (Å²) in [6, 6.07) is 19.3. The predicted molar refractivity (Wildman–Crippen MR) is 140 cm³/mol. The molecule has 0 aromatic heterocycles. The van der Waals surface area contributed by atoms with Crippen LogP contribution in [0.15, 0.2) is 77.7 Å². The second kappa shape index (κ2) is 11.7. The number of benzene rings is 3. The van der Waals surface area contributed by atoms with E-state index >= 15 is 0 Å². The van der Waals surface area contributed by atoms with Gasteiger partial charge in [0.1, 0.15) is 5.82 Å². The van der Waals surface area contributed by atoms with Crippen LogP contribution in [0.4, 0.5) is 13.2 Å². The molecule has 0 heterocycles. The Morgan fingerprint density at radius 3 is 2.00 bits per heavy atom. The molecule has 1 aliphatic rings. The maximum atomic E-state index is 13.4. The lowest BCUT2D eigenvalue weighted by Crippen LogP contribution is -2.41. The molecule has 1 aliphatic carbocycles. The third-order valence-corrected chi connectivity index (χ3v) is 8.14. The summed E-state index contributed by atoms with van der Waals surface area (Å²) < 4.78 is 56.1. The fraction of sp³-hybridized carbons (Fsp3) is 0.345. The van der Waals surface area contributed by atoms with Gasteiger partial charge in [0.2, 0.25) is 5.91 Å². The van der Waals surface area contributed by atoms with Gasteiger partial charge >= 0.3 is 0 Å². The highest BCUT2D eigenvalue weighted by Crippen LogP contribution is 2.30. The zero-order valence-electron chi connectivity index (χ0n) is 20.8. The van der Waals surface area contributed by atoms with Crippen LogP contribution in [-0.2, 0) is 22.1 Å². The molecular weight excluding hydrogens is 497 g/mol. The first-order valence-corrected chi connectivity index (χ1v) is 13.6. The van der Waals surface area contributed by atoms with E-state index in [9.17, 15) is 22.5 Å². The molecule has 2 N–H and O–H groups in total. The topological polar surface area (TPSA) is 64.2 Å². The van der Waals surface area contributed by atoms with E-state index in [-0.39, 0.29) is 35.3 Å². The summed E-state index contributed by atoms with van der Waals surface area (Å²) in [6.07, 6.45) is 2.87. The number of amides is 1. The van der Waals surface area contributed by atoms with Crippen molar-refractivity contribution in [3.05, 3.63) is 89.7 Å². The summed E-state index contributed by atoms with van der Waals surface area (Å²) in [5, 5.41) is 3.02. The van der Waals surface area contributed by atoms with Crippen LogP contribution in [0.3, 0.4) is 0 Å². The lowest BCUT2D eigenvalue weighted by molar-refractivity contribution is -0.126. The summed E-state index contributed by atoms with van der Waals surface area (Å²) in [7, 11) is 0. The maximum absolute atomic E-state index is 13.4. The highest BCUT2D eigenvalue weighted by Gasteiger charge is 2.30. The number of hydrogen-bond acceptors (Lipinski definition) is 3. The minimum Gasteiger partial charge on any atom is -0.593 e. The zero-order valence-corrected chi connectivity index (χ0v) is 21.7. The molecule has 4 nitrogen and oxygen atoms in total. The molecular formula is C29H31F3N2O2S. The first-order valence-electron chi connectivity index (χ1n) is 12.4. The Kier molecular flexibility index (Phi) is 8.62. The lowest BCUT2D eigenvalue weighted by atomic mass is 9.85. The molecule has 0 saturated heterocycles.